The van der Waals surface area contributed by atoms with E-state index < -0.39 is 0 Å². The zero-order valence-electron chi connectivity index (χ0n) is 10.2. The highest BCUT2D eigenvalue weighted by atomic mass is 35.5. The van der Waals surface area contributed by atoms with Crippen molar-refractivity contribution >= 4 is 28.9 Å². The Morgan fingerprint density at radius 3 is 2.26 bits per heavy atom. The molecule has 0 aromatic heterocycles. The normalized spacial score (nSPS) is 12.2. The number of aromatic hydroxyl groups is 2. The SMILES string of the molecule is CC(Nc1cc(Cl)c(O)c(Cl)c1)c1cccc(O)c1. The fourth-order valence-corrected chi connectivity index (χ4v) is 2.26. The Balaban J connectivity index is 2.21. The fourth-order valence-electron chi connectivity index (χ4n) is 1.78. The van der Waals surface area contributed by atoms with E-state index in [9.17, 15) is 10.2 Å². The first-order chi connectivity index (χ1) is 8.97. The quantitative estimate of drug-likeness (QED) is 0.727. The lowest BCUT2D eigenvalue weighted by atomic mass is 10.1. The summed E-state index contributed by atoms with van der Waals surface area (Å²) < 4.78 is 0. The smallest absolute Gasteiger partial charge is 0.152 e. The molecule has 5 heteroatoms. The zero-order valence-corrected chi connectivity index (χ0v) is 11.7. The van der Waals surface area contributed by atoms with Crippen LogP contribution in [0.1, 0.15) is 18.5 Å². The molecule has 0 aliphatic rings. The number of anilines is 1. The molecule has 0 aliphatic heterocycles. The van der Waals surface area contributed by atoms with Crippen LogP contribution in [0, 0.1) is 0 Å². The lowest BCUT2D eigenvalue weighted by molar-refractivity contribution is 0.474. The van der Waals surface area contributed by atoms with Crippen LogP contribution in [0.25, 0.3) is 0 Å². The van der Waals surface area contributed by atoms with Gasteiger partial charge >= 0.3 is 0 Å². The van der Waals surface area contributed by atoms with E-state index >= 15 is 0 Å². The third-order valence-electron chi connectivity index (χ3n) is 2.77. The summed E-state index contributed by atoms with van der Waals surface area (Å²) in [6.07, 6.45) is 0. The summed E-state index contributed by atoms with van der Waals surface area (Å²) in [4.78, 5) is 0. The van der Waals surface area contributed by atoms with E-state index in [1.165, 1.54) is 0 Å². The number of rotatable bonds is 3. The van der Waals surface area contributed by atoms with Gasteiger partial charge in [0, 0.05) is 11.7 Å². The minimum Gasteiger partial charge on any atom is -0.508 e. The molecule has 0 amide bonds. The first-order valence-electron chi connectivity index (χ1n) is 5.71. The topological polar surface area (TPSA) is 52.5 Å². The van der Waals surface area contributed by atoms with Crippen LogP contribution in [0.15, 0.2) is 36.4 Å². The molecule has 0 aliphatic carbocycles. The van der Waals surface area contributed by atoms with Gasteiger partial charge in [-0.05, 0) is 36.8 Å². The largest absolute Gasteiger partial charge is 0.508 e. The maximum Gasteiger partial charge on any atom is 0.152 e. The van der Waals surface area contributed by atoms with Crippen molar-refractivity contribution in [3.05, 3.63) is 52.0 Å². The molecular formula is C14H13Cl2NO2. The predicted molar refractivity (Wildman–Crippen MR) is 78.3 cm³/mol. The molecule has 0 heterocycles. The summed E-state index contributed by atoms with van der Waals surface area (Å²) in [7, 11) is 0. The Morgan fingerprint density at radius 2 is 1.68 bits per heavy atom. The first kappa shape index (κ1) is 13.8. The van der Waals surface area contributed by atoms with Crippen molar-refractivity contribution in [1.29, 1.82) is 0 Å². The van der Waals surface area contributed by atoms with Gasteiger partial charge < -0.3 is 15.5 Å². The summed E-state index contributed by atoms with van der Waals surface area (Å²) >= 11 is 11.7. The van der Waals surface area contributed by atoms with E-state index in [-0.39, 0.29) is 27.6 Å². The van der Waals surface area contributed by atoms with Gasteiger partial charge in [0.05, 0.1) is 10.0 Å². The van der Waals surface area contributed by atoms with Crippen LogP contribution >= 0.6 is 23.2 Å². The lowest BCUT2D eigenvalue weighted by Crippen LogP contribution is -2.06. The van der Waals surface area contributed by atoms with Crippen molar-refractivity contribution in [2.75, 3.05) is 5.32 Å². The number of nitrogens with one attached hydrogen (secondary N) is 1. The third kappa shape index (κ3) is 3.25. The number of halogens is 2. The minimum atomic E-state index is -0.126. The molecule has 0 saturated carbocycles. The number of phenols is 2. The molecule has 2 aromatic carbocycles. The second-order valence-corrected chi connectivity index (χ2v) is 5.06. The Kier molecular flexibility index (Phi) is 4.08. The van der Waals surface area contributed by atoms with Crippen molar-refractivity contribution in [3.8, 4) is 11.5 Å². The van der Waals surface area contributed by atoms with E-state index in [2.05, 4.69) is 5.32 Å². The Labute approximate surface area is 121 Å². The Hall–Kier alpha value is -1.58. The van der Waals surface area contributed by atoms with Crippen LogP contribution in [0.4, 0.5) is 5.69 Å². The Bertz CT molecular complexity index is 579. The fraction of sp³-hybridized carbons (Fsp3) is 0.143. The first-order valence-corrected chi connectivity index (χ1v) is 6.46. The molecule has 0 fully saturated rings. The van der Waals surface area contributed by atoms with Gasteiger partial charge in [0.25, 0.3) is 0 Å². The zero-order chi connectivity index (χ0) is 14.0. The third-order valence-corrected chi connectivity index (χ3v) is 3.35. The van der Waals surface area contributed by atoms with Gasteiger partial charge in [0.1, 0.15) is 5.75 Å². The molecule has 100 valence electrons. The van der Waals surface area contributed by atoms with Crippen molar-refractivity contribution in [1.82, 2.24) is 0 Å². The highest BCUT2D eigenvalue weighted by Crippen LogP contribution is 2.35. The molecule has 0 spiro atoms. The number of phenolic OH excluding ortho intramolecular Hbond substituents is 2. The van der Waals surface area contributed by atoms with Crippen LogP contribution in [0.2, 0.25) is 10.0 Å². The molecule has 3 nitrogen and oxygen atoms in total. The van der Waals surface area contributed by atoms with E-state index in [0.717, 1.165) is 5.56 Å². The van der Waals surface area contributed by atoms with Gasteiger partial charge in [-0.2, -0.15) is 0 Å². The van der Waals surface area contributed by atoms with E-state index in [4.69, 9.17) is 23.2 Å². The predicted octanol–water partition coefficient (Wildman–Crippen LogP) is 4.58. The molecule has 0 saturated heterocycles. The number of benzene rings is 2. The molecule has 1 unspecified atom stereocenters. The second kappa shape index (κ2) is 5.59. The highest BCUT2D eigenvalue weighted by molar-refractivity contribution is 6.37. The summed E-state index contributed by atoms with van der Waals surface area (Å²) in [6, 6.07) is 10.1. The van der Waals surface area contributed by atoms with Crippen LogP contribution in [0.5, 0.6) is 11.5 Å². The summed E-state index contributed by atoms with van der Waals surface area (Å²) in [5.41, 5.74) is 1.63. The molecule has 0 bridgehead atoms. The average Bonchev–Trinajstić information content (AvgIpc) is 2.36. The van der Waals surface area contributed by atoms with Crippen molar-refractivity contribution < 1.29 is 10.2 Å². The maximum absolute atomic E-state index is 9.49. The Morgan fingerprint density at radius 1 is 1.05 bits per heavy atom. The van der Waals surface area contributed by atoms with Crippen LogP contribution in [0.3, 0.4) is 0 Å². The molecule has 0 radical (unpaired) electrons. The van der Waals surface area contributed by atoms with E-state index in [0.29, 0.717) is 5.69 Å². The summed E-state index contributed by atoms with van der Waals surface area (Å²) in [6.45, 7) is 1.95. The number of hydrogen-bond donors (Lipinski definition) is 3. The second-order valence-electron chi connectivity index (χ2n) is 4.25. The van der Waals surface area contributed by atoms with Gasteiger partial charge in [-0.25, -0.2) is 0 Å². The van der Waals surface area contributed by atoms with Crippen molar-refractivity contribution in [3.63, 3.8) is 0 Å². The lowest BCUT2D eigenvalue weighted by Gasteiger charge is -2.16. The summed E-state index contributed by atoms with van der Waals surface area (Å²) in [5, 5.41) is 22.5. The van der Waals surface area contributed by atoms with Gasteiger partial charge in [-0.1, -0.05) is 35.3 Å². The molecule has 1 atom stereocenters. The van der Waals surface area contributed by atoms with Gasteiger partial charge in [-0.15, -0.1) is 0 Å². The van der Waals surface area contributed by atoms with Crippen LogP contribution < -0.4 is 5.32 Å². The highest BCUT2D eigenvalue weighted by Gasteiger charge is 2.10. The van der Waals surface area contributed by atoms with Crippen LogP contribution in [-0.2, 0) is 0 Å². The molecular weight excluding hydrogens is 285 g/mol. The maximum atomic E-state index is 9.49. The van der Waals surface area contributed by atoms with Crippen molar-refractivity contribution in [2.24, 2.45) is 0 Å². The van der Waals surface area contributed by atoms with Gasteiger partial charge in [0.2, 0.25) is 0 Å². The number of hydrogen-bond acceptors (Lipinski definition) is 3. The molecule has 2 aromatic rings. The minimum absolute atomic E-state index is 0.0382. The standard InChI is InChI=1S/C14H13Cl2NO2/c1-8(9-3-2-4-11(18)5-9)17-10-6-12(15)14(19)13(16)7-10/h2-8,17-19H,1H3. The van der Waals surface area contributed by atoms with E-state index in [1.807, 2.05) is 13.0 Å². The van der Waals surface area contributed by atoms with Crippen LogP contribution in [-0.4, -0.2) is 10.2 Å². The summed E-state index contributed by atoms with van der Waals surface area (Å²) in [5.74, 6) is 0.0896. The molecule has 19 heavy (non-hydrogen) atoms. The molecule has 2 rings (SSSR count). The van der Waals surface area contributed by atoms with Crippen molar-refractivity contribution in [2.45, 2.75) is 13.0 Å². The van der Waals surface area contributed by atoms with Gasteiger partial charge in [0.15, 0.2) is 5.75 Å². The average molecular weight is 298 g/mol. The molecule has 3 N–H and O–H groups in total. The monoisotopic (exact) mass is 297 g/mol. The van der Waals surface area contributed by atoms with Gasteiger partial charge in [-0.3, -0.25) is 0 Å². The van der Waals surface area contributed by atoms with E-state index in [1.54, 1.807) is 30.3 Å².